The zero-order valence-corrected chi connectivity index (χ0v) is 15.3. The summed E-state index contributed by atoms with van der Waals surface area (Å²) in [5, 5.41) is 21.0. The fourth-order valence-electron chi connectivity index (χ4n) is 3.60. The zero-order chi connectivity index (χ0) is 18.6. The summed E-state index contributed by atoms with van der Waals surface area (Å²) in [5.41, 5.74) is 0.338. The van der Waals surface area contributed by atoms with Gasteiger partial charge in [0.25, 0.3) is 0 Å². The van der Waals surface area contributed by atoms with E-state index in [1.807, 2.05) is 0 Å². The molecule has 1 aliphatic carbocycles. The molecule has 142 valence electrons. The molecule has 1 saturated heterocycles. The van der Waals surface area contributed by atoms with Crippen molar-refractivity contribution in [1.82, 2.24) is 24.7 Å². The van der Waals surface area contributed by atoms with Crippen molar-refractivity contribution in [3.8, 4) is 11.9 Å². The van der Waals surface area contributed by atoms with Gasteiger partial charge in [0, 0.05) is 18.5 Å². The molecule has 0 amide bonds. The molecule has 2 atom stereocenters. The van der Waals surface area contributed by atoms with Crippen LogP contribution in [0.2, 0.25) is 0 Å². The molecule has 9 nitrogen and oxygen atoms in total. The van der Waals surface area contributed by atoms with Crippen molar-refractivity contribution < 1.29 is 9.47 Å². The van der Waals surface area contributed by atoms with Gasteiger partial charge in [-0.3, -0.25) is 0 Å². The fourth-order valence-corrected chi connectivity index (χ4v) is 3.60. The Bertz CT molecular complexity index is 827. The van der Waals surface area contributed by atoms with Gasteiger partial charge in [-0.15, -0.1) is 10.2 Å². The Kier molecular flexibility index (Phi) is 5.16. The molecule has 0 spiro atoms. The summed E-state index contributed by atoms with van der Waals surface area (Å²) < 4.78 is 13.0. The van der Waals surface area contributed by atoms with E-state index in [1.165, 1.54) is 6.20 Å². The number of hydrogen-bond donors (Lipinski definition) is 1. The molecular formula is C18H23N7O2. The van der Waals surface area contributed by atoms with E-state index < -0.39 is 0 Å². The van der Waals surface area contributed by atoms with Crippen molar-refractivity contribution in [3.05, 3.63) is 23.9 Å². The van der Waals surface area contributed by atoms with Crippen LogP contribution in [0.15, 0.2) is 12.5 Å². The molecule has 2 fully saturated rings. The third-order valence-electron chi connectivity index (χ3n) is 5.12. The maximum absolute atomic E-state index is 9.25. The summed E-state index contributed by atoms with van der Waals surface area (Å²) in [6.07, 6.45) is 7.49. The molecule has 9 heteroatoms. The van der Waals surface area contributed by atoms with E-state index in [1.54, 1.807) is 6.33 Å². The molecule has 1 saturated carbocycles. The maximum Gasteiger partial charge on any atom is 0.237 e. The van der Waals surface area contributed by atoms with Gasteiger partial charge in [-0.1, -0.05) is 6.42 Å². The van der Waals surface area contributed by atoms with Crippen LogP contribution in [0.5, 0.6) is 5.88 Å². The molecule has 0 radical (unpaired) electrons. The summed E-state index contributed by atoms with van der Waals surface area (Å²) in [6.45, 7) is 4.03. The fraction of sp³-hybridized carbons (Fsp3) is 0.611. The standard InChI is InChI=1S/C18H23N7O2/c1-2-25-11-21-24-16(25)12-4-3-5-14(6-12)22-18-20-8-13(7-19)17(23-18)27-15-9-26-10-15/h8,11-12,14-15H,2-6,9-10H2,1H3,(H,20,22,23)/t12-,14+/m0/s1. The largest absolute Gasteiger partial charge is 0.468 e. The monoisotopic (exact) mass is 369 g/mol. The van der Waals surface area contributed by atoms with Crippen LogP contribution in [0.4, 0.5) is 5.95 Å². The van der Waals surface area contributed by atoms with Crippen LogP contribution in [-0.4, -0.2) is 50.1 Å². The topological polar surface area (TPSA) is 111 Å². The van der Waals surface area contributed by atoms with Crippen molar-refractivity contribution in [2.24, 2.45) is 0 Å². The first-order valence-electron chi connectivity index (χ1n) is 9.42. The van der Waals surface area contributed by atoms with Gasteiger partial charge in [-0.25, -0.2) is 4.98 Å². The van der Waals surface area contributed by atoms with E-state index in [-0.39, 0.29) is 12.1 Å². The Morgan fingerprint density at radius 2 is 2.30 bits per heavy atom. The van der Waals surface area contributed by atoms with Crippen LogP contribution in [0.1, 0.15) is 49.9 Å². The lowest BCUT2D eigenvalue weighted by Gasteiger charge is -2.29. The minimum atomic E-state index is -0.0423. The normalized spacial score (nSPS) is 22.7. The van der Waals surface area contributed by atoms with Gasteiger partial charge in [-0.2, -0.15) is 10.2 Å². The molecule has 4 rings (SSSR count). The molecule has 2 aromatic rings. The van der Waals surface area contributed by atoms with Gasteiger partial charge in [-0.05, 0) is 26.2 Å². The smallest absolute Gasteiger partial charge is 0.237 e. The molecular weight excluding hydrogens is 346 g/mol. The maximum atomic E-state index is 9.25. The Morgan fingerprint density at radius 3 is 3.04 bits per heavy atom. The second-order valence-electron chi connectivity index (χ2n) is 6.98. The van der Waals surface area contributed by atoms with E-state index >= 15 is 0 Å². The molecule has 1 N–H and O–H groups in total. The molecule has 3 heterocycles. The highest BCUT2D eigenvalue weighted by Crippen LogP contribution is 2.33. The second kappa shape index (κ2) is 7.88. The summed E-state index contributed by atoms with van der Waals surface area (Å²) in [5.74, 6) is 2.24. The van der Waals surface area contributed by atoms with Gasteiger partial charge >= 0.3 is 0 Å². The van der Waals surface area contributed by atoms with E-state index in [2.05, 4.69) is 43.0 Å². The summed E-state index contributed by atoms with van der Waals surface area (Å²) in [4.78, 5) is 8.71. The predicted molar refractivity (Wildman–Crippen MR) is 96.3 cm³/mol. The summed E-state index contributed by atoms with van der Waals surface area (Å²) in [7, 11) is 0. The van der Waals surface area contributed by atoms with Crippen LogP contribution in [0, 0.1) is 11.3 Å². The SMILES string of the molecule is CCn1cnnc1[C@H]1CCC[C@@H](Nc2ncc(C#N)c(OC3COC3)n2)C1. The molecule has 0 bridgehead atoms. The highest BCUT2D eigenvalue weighted by atomic mass is 16.6. The van der Waals surface area contributed by atoms with Crippen molar-refractivity contribution in [2.45, 2.75) is 57.2 Å². The van der Waals surface area contributed by atoms with Crippen LogP contribution < -0.4 is 10.1 Å². The van der Waals surface area contributed by atoms with Crippen LogP contribution >= 0.6 is 0 Å². The number of rotatable bonds is 6. The van der Waals surface area contributed by atoms with Crippen molar-refractivity contribution in [3.63, 3.8) is 0 Å². The van der Waals surface area contributed by atoms with E-state index in [4.69, 9.17) is 9.47 Å². The molecule has 2 aliphatic rings. The molecule has 0 aromatic carbocycles. The quantitative estimate of drug-likeness (QED) is 0.821. The Morgan fingerprint density at radius 1 is 1.41 bits per heavy atom. The first-order valence-corrected chi connectivity index (χ1v) is 9.42. The predicted octanol–water partition coefficient (Wildman–Crippen LogP) is 1.88. The number of aryl methyl sites for hydroxylation is 1. The minimum Gasteiger partial charge on any atom is -0.468 e. The Balaban J connectivity index is 1.45. The zero-order valence-electron chi connectivity index (χ0n) is 15.3. The second-order valence-corrected chi connectivity index (χ2v) is 6.98. The summed E-state index contributed by atoms with van der Waals surface area (Å²) >= 11 is 0. The van der Waals surface area contributed by atoms with Crippen LogP contribution in [-0.2, 0) is 11.3 Å². The lowest BCUT2D eigenvalue weighted by Crippen LogP contribution is -2.39. The van der Waals surface area contributed by atoms with Gasteiger partial charge in [0.15, 0.2) is 0 Å². The van der Waals surface area contributed by atoms with Crippen LogP contribution in [0.25, 0.3) is 0 Å². The van der Waals surface area contributed by atoms with Crippen LogP contribution in [0.3, 0.4) is 0 Å². The highest BCUT2D eigenvalue weighted by molar-refractivity contribution is 5.41. The van der Waals surface area contributed by atoms with Gasteiger partial charge in [0.2, 0.25) is 11.8 Å². The van der Waals surface area contributed by atoms with Gasteiger partial charge < -0.3 is 19.4 Å². The third kappa shape index (κ3) is 3.85. The van der Waals surface area contributed by atoms with Gasteiger partial charge in [0.05, 0.1) is 19.4 Å². The minimum absolute atomic E-state index is 0.0423. The van der Waals surface area contributed by atoms with E-state index in [0.29, 0.717) is 36.5 Å². The Hall–Kier alpha value is -2.73. The van der Waals surface area contributed by atoms with Gasteiger partial charge in [0.1, 0.15) is 29.9 Å². The third-order valence-corrected chi connectivity index (χ3v) is 5.12. The van der Waals surface area contributed by atoms with E-state index in [9.17, 15) is 5.26 Å². The average Bonchev–Trinajstić information content (AvgIpc) is 3.14. The number of nitrogens with one attached hydrogen (secondary N) is 1. The average molecular weight is 369 g/mol. The van der Waals surface area contributed by atoms with E-state index in [0.717, 1.165) is 38.1 Å². The van der Waals surface area contributed by atoms with Crippen molar-refractivity contribution in [1.29, 1.82) is 5.26 Å². The number of nitrogens with zero attached hydrogens (tertiary/aromatic N) is 6. The molecule has 0 unspecified atom stereocenters. The van der Waals surface area contributed by atoms with Crippen molar-refractivity contribution in [2.75, 3.05) is 18.5 Å². The number of hydrogen-bond acceptors (Lipinski definition) is 8. The Labute approximate surface area is 157 Å². The number of ether oxygens (including phenoxy) is 2. The first kappa shape index (κ1) is 17.7. The molecule has 1 aliphatic heterocycles. The lowest BCUT2D eigenvalue weighted by molar-refractivity contribution is -0.0814. The lowest BCUT2D eigenvalue weighted by atomic mass is 9.85. The number of nitriles is 1. The first-order chi connectivity index (χ1) is 13.3. The summed E-state index contributed by atoms with van der Waals surface area (Å²) in [6, 6.07) is 2.33. The van der Waals surface area contributed by atoms with Crippen molar-refractivity contribution >= 4 is 5.95 Å². The number of anilines is 1. The molecule has 2 aromatic heterocycles. The number of aromatic nitrogens is 5. The molecule has 27 heavy (non-hydrogen) atoms. The highest BCUT2D eigenvalue weighted by Gasteiger charge is 2.28.